The molecule has 0 saturated heterocycles. The van der Waals surface area contributed by atoms with Gasteiger partial charge in [-0.05, 0) is 29.3 Å². The number of hydrogen-bond donors (Lipinski definition) is 1. The van der Waals surface area contributed by atoms with Gasteiger partial charge in [-0.25, -0.2) is 0 Å². The Morgan fingerprint density at radius 3 is 2.75 bits per heavy atom. The van der Waals surface area contributed by atoms with Crippen molar-refractivity contribution >= 4 is 22.7 Å². The molecule has 2 nitrogen and oxygen atoms in total. The highest BCUT2D eigenvalue weighted by Crippen LogP contribution is 2.24. The maximum absolute atomic E-state index is 5.55. The molecule has 0 aromatic carbocycles. The second-order valence-corrected chi connectivity index (χ2v) is 6.51. The molecule has 2 aromatic heterocycles. The van der Waals surface area contributed by atoms with Gasteiger partial charge in [-0.15, -0.1) is 29.3 Å². The molecule has 2 heterocycles. The molecule has 1 unspecified atom stereocenters. The molecule has 0 aliphatic rings. The second kappa shape index (κ2) is 9.08. The van der Waals surface area contributed by atoms with Crippen LogP contribution in [-0.2, 0) is 11.2 Å². The maximum Gasteiger partial charge on any atom is 0.0591 e. The molecule has 1 atom stereocenters. The third-order valence-corrected chi connectivity index (χ3v) is 4.86. The average molecular weight is 307 g/mol. The zero-order chi connectivity index (χ0) is 14.0. The summed E-state index contributed by atoms with van der Waals surface area (Å²) < 4.78 is 5.55. The highest BCUT2D eigenvalue weighted by Gasteiger charge is 2.13. The van der Waals surface area contributed by atoms with Crippen LogP contribution < -0.4 is 5.32 Å². The lowest BCUT2D eigenvalue weighted by molar-refractivity contribution is 0.138. The van der Waals surface area contributed by atoms with E-state index < -0.39 is 0 Å². The third kappa shape index (κ3) is 5.21. The lowest BCUT2D eigenvalue weighted by Crippen LogP contribution is -2.26. The van der Waals surface area contributed by atoms with Crippen LogP contribution in [0.4, 0.5) is 0 Å². The predicted octanol–water partition coefficient (Wildman–Crippen LogP) is 4.28. The van der Waals surface area contributed by atoms with E-state index in [0.29, 0.717) is 6.04 Å². The summed E-state index contributed by atoms with van der Waals surface area (Å²) in [4.78, 5) is 2.81. The van der Waals surface area contributed by atoms with Crippen molar-refractivity contribution in [2.24, 2.45) is 0 Å². The van der Waals surface area contributed by atoms with E-state index in [-0.39, 0.29) is 0 Å². The van der Waals surface area contributed by atoms with Gasteiger partial charge in [0.2, 0.25) is 0 Å². The Bertz CT molecular complexity index is 465. The Hall–Kier alpha value is -0.940. The van der Waals surface area contributed by atoms with Crippen molar-refractivity contribution in [2.45, 2.75) is 18.9 Å². The highest BCUT2D eigenvalue weighted by molar-refractivity contribution is 7.10. The summed E-state index contributed by atoms with van der Waals surface area (Å²) in [6.07, 6.45) is 3.85. The molecule has 108 valence electrons. The van der Waals surface area contributed by atoms with Gasteiger partial charge < -0.3 is 10.1 Å². The van der Waals surface area contributed by atoms with Crippen molar-refractivity contribution in [3.63, 3.8) is 0 Å². The van der Waals surface area contributed by atoms with Crippen LogP contribution in [0.15, 0.2) is 47.7 Å². The number of hydrogen-bond acceptors (Lipinski definition) is 4. The van der Waals surface area contributed by atoms with Crippen molar-refractivity contribution in [1.82, 2.24) is 5.32 Å². The Kier molecular flexibility index (Phi) is 7.01. The van der Waals surface area contributed by atoms with Crippen LogP contribution in [0, 0.1) is 0 Å². The summed E-state index contributed by atoms with van der Waals surface area (Å²) in [7, 11) is 0. The van der Waals surface area contributed by atoms with Gasteiger partial charge in [0.05, 0.1) is 13.2 Å². The van der Waals surface area contributed by atoms with Gasteiger partial charge in [0.25, 0.3) is 0 Å². The van der Waals surface area contributed by atoms with E-state index in [4.69, 9.17) is 4.74 Å². The van der Waals surface area contributed by atoms with E-state index in [1.165, 1.54) is 9.75 Å². The number of nitrogens with one attached hydrogen (secondary N) is 1. The first kappa shape index (κ1) is 15.4. The molecule has 0 aliphatic carbocycles. The summed E-state index contributed by atoms with van der Waals surface area (Å²) >= 11 is 3.63. The van der Waals surface area contributed by atoms with Crippen LogP contribution in [0.5, 0.6) is 0 Å². The van der Waals surface area contributed by atoms with Gasteiger partial charge in [-0.2, -0.15) is 0 Å². The Labute approximate surface area is 129 Å². The first-order valence-electron chi connectivity index (χ1n) is 6.88. The first-order chi connectivity index (χ1) is 9.90. The van der Waals surface area contributed by atoms with Gasteiger partial charge in [0, 0.05) is 28.8 Å². The summed E-state index contributed by atoms with van der Waals surface area (Å²) in [6.45, 7) is 6.08. The van der Waals surface area contributed by atoms with E-state index >= 15 is 0 Å². The lowest BCUT2D eigenvalue weighted by Gasteiger charge is -2.17. The minimum absolute atomic E-state index is 0.386. The summed E-state index contributed by atoms with van der Waals surface area (Å²) in [5, 5.41) is 7.88. The molecule has 4 heteroatoms. The molecule has 0 saturated carbocycles. The molecule has 0 bridgehead atoms. The molecule has 2 rings (SSSR count). The largest absolute Gasteiger partial charge is 0.380 e. The van der Waals surface area contributed by atoms with E-state index in [1.54, 1.807) is 0 Å². The lowest BCUT2D eigenvalue weighted by atomic mass is 10.1. The van der Waals surface area contributed by atoms with Gasteiger partial charge in [-0.1, -0.05) is 18.2 Å². The van der Waals surface area contributed by atoms with Crippen molar-refractivity contribution in [1.29, 1.82) is 0 Å². The van der Waals surface area contributed by atoms with E-state index in [1.807, 2.05) is 28.7 Å². The summed E-state index contributed by atoms with van der Waals surface area (Å²) in [5.41, 5.74) is 0. The van der Waals surface area contributed by atoms with Gasteiger partial charge in [-0.3, -0.25) is 0 Å². The fourth-order valence-corrected chi connectivity index (χ4v) is 3.52. The molecule has 2 aromatic rings. The van der Waals surface area contributed by atoms with Gasteiger partial charge >= 0.3 is 0 Å². The molecular weight excluding hydrogens is 286 g/mol. The quantitative estimate of drug-likeness (QED) is 0.522. The normalized spacial score (nSPS) is 12.4. The van der Waals surface area contributed by atoms with Crippen LogP contribution in [0.1, 0.15) is 22.2 Å². The van der Waals surface area contributed by atoms with Crippen LogP contribution in [-0.4, -0.2) is 19.8 Å². The van der Waals surface area contributed by atoms with Gasteiger partial charge in [0.15, 0.2) is 0 Å². The Balaban J connectivity index is 1.79. The number of ether oxygens (including phenoxy) is 1. The first-order valence-corrected chi connectivity index (χ1v) is 8.64. The van der Waals surface area contributed by atoms with E-state index in [2.05, 4.69) is 46.9 Å². The van der Waals surface area contributed by atoms with Crippen molar-refractivity contribution < 1.29 is 4.74 Å². The molecule has 0 spiro atoms. The van der Waals surface area contributed by atoms with Crippen LogP contribution in [0.3, 0.4) is 0 Å². The molecule has 1 N–H and O–H groups in total. The fourth-order valence-electron chi connectivity index (χ4n) is 1.97. The summed E-state index contributed by atoms with van der Waals surface area (Å²) in [6, 6.07) is 9.02. The predicted molar refractivity (Wildman–Crippen MR) is 88.7 cm³/mol. The van der Waals surface area contributed by atoms with Crippen molar-refractivity contribution in [2.75, 3.05) is 19.8 Å². The van der Waals surface area contributed by atoms with Crippen LogP contribution >= 0.6 is 22.7 Å². The van der Waals surface area contributed by atoms with Crippen LogP contribution in [0.2, 0.25) is 0 Å². The molecular formula is C16H21NOS2. The third-order valence-electron chi connectivity index (χ3n) is 2.98. The average Bonchev–Trinajstić information content (AvgIpc) is 3.13. The maximum atomic E-state index is 5.55. The fraction of sp³-hybridized carbons (Fsp3) is 0.375. The molecule has 0 aliphatic heterocycles. The van der Waals surface area contributed by atoms with Gasteiger partial charge in [0.1, 0.15) is 0 Å². The molecule has 0 radical (unpaired) electrons. The van der Waals surface area contributed by atoms with Crippen molar-refractivity contribution in [3.05, 3.63) is 57.4 Å². The monoisotopic (exact) mass is 307 g/mol. The zero-order valence-corrected chi connectivity index (χ0v) is 13.2. The van der Waals surface area contributed by atoms with Crippen molar-refractivity contribution in [3.8, 4) is 0 Å². The smallest absolute Gasteiger partial charge is 0.0591 e. The molecule has 20 heavy (non-hydrogen) atoms. The highest BCUT2D eigenvalue weighted by atomic mass is 32.1. The summed E-state index contributed by atoms with van der Waals surface area (Å²) in [5.74, 6) is 0. The number of rotatable bonds is 10. The SMILES string of the molecule is C=CCCOCCNC(Cc1cccs1)c1cccs1. The number of thiophene rings is 2. The second-order valence-electron chi connectivity index (χ2n) is 4.50. The minimum atomic E-state index is 0.386. The Morgan fingerprint density at radius 1 is 1.20 bits per heavy atom. The minimum Gasteiger partial charge on any atom is -0.380 e. The molecule has 0 fully saturated rings. The standard InChI is InChI=1S/C16H21NOS2/c1-2-3-9-18-10-8-17-15(16-7-5-12-20-16)13-14-6-4-11-19-14/h2,4-7,11-12,15,17H,1,3,8-10,13H2. The van der Waals surface area contributed by atoms with Crippen LogP contribution in [0.25, 0.3) is 0 Å². The molecule has 0 amide bonds. The Morgan fingerprint density at radius 2 is 2.05 bits per heavy atom. The zero-order valence-electron chi connectivity index (χ0n) is 11.6. The van der Waals surface area contributed by atoms with E-state index in [9.17, 15) is 0 Å². The topological polar surface area (TPSA) is 21.3 Å². The van der Waals surface area contributed by atoms with E-state index in [0.717, 1.165) is 32.6 Å².